The van der Waals surface area contributed by atoms with Crippen LogP contribution in [0.3, 0.4) is 0 Å². The number of carbonyl (C=O) groups excluding carboxylic acids is 1. The SMILES string of the molecule is O=C(O)CCN1C(=O)/C(=C/c2cccc3ccccc23)SC1=S. The van der Waals surface area contributed by atoms with E-state index in [0.717, 1.165) is 16.3 Å². The molecule has 4 nitrogen and oxygen atoms in total. The molecule has 0 aromatic heterocycles. The second-order valence-electron chi connectivity index (χ2n) is 5.05. The van der Waals surface area contributed by atoms with Crippen molar-refractivity contribution in [3.05, 3.63) is 52.9 Å². The molecule has 0 unspecified atom stereocenters. The lowest BCUT2D eigenvalue weighted by Gasteiger charge is -2.12. The summed E-state index contributed by atoms with van der Waals surface area (Å²) in [7, 11) is 0. The third-order valence-corrected chi connectivity index (χ3v) is 4.91. The van der Waals surface area contributed by atoms with Crippen molar-refractivity contribution in [1.82, 2.24) is 4.90 Å². The minimum atomic E-state index is -0.947. The lowest BCUT2D eigenvalue weighted by atomic mass is 10.0. The standard InChI is InChI=1S/C17H13NO3S2/c19-15(20)8-9-18-16(21)14(23-17(18)22)10-12-6-3-5-11-4-1-2-7-13(11)12/h1-7,10H,8-9H2,(H,19,20)/b14-10-. The van der Waals surface area contributed by atoms with Crippen molar-refractivity contribution in [1.29, 1.82) is 0 Å². The van der Waals surface area contributed by atoms with Gasteiger partial charge >= 0.3 is 5.97 Å². The van der Waals surface area contributed by atoms with Crippen molar-refractivity contribution in [2.75, 3.05) is 6.54 Å². The molecule has 1 fully saturated rings. The third kappa shape index (κ3) is 3.28. The Kier molecular flexibility index (Phi) is 4.45. The van der Waals surface area contributed by atoms with Gasteiger partial charge in [0, 0.05) is 6.54 Å². The normalized spacial score (nSPS) is 16.5. The van der Waals surface area contributed by atoms with Gasteiger partial charge in [0.25, 0.3) is 5.91 Å². The van der Waals surface area contributed by atoms with E-state index in [-0.39, 0.29) is 18.9 Å². The lowest BCUT2D eigenvalue weighted by molar-refractivity contribution is -0.137. The molecule has 0 radical (unpaired) electrons. The molecule has 2 aromatic carbocycles. The molecule has 0 atom stereocenters. The van der Waals surface area contributed by atoms with E-state index in [1.807, 2.05) is 48.5 Å². The van der Waals surface area contributed by atoms with Gasteiger partial charge in [-0.05, 0) is 22.4 Å². The zero-order chi connectivity index (χ0) is 16.4. The molecule has 23 heavy (non-hydrogen) atoms. The highest BCUT2D eigenvalue weighted by atomic mass is 32.2. The first-order valence-electron chi connectivity index (χ1n) is 7.01. The molecule has 0 aliphatic carbocycles. The van der Waals surface area contributed by atoms with Crippen molar-refractivity contribution in [3.8, 4) is 0 Å². The molecule has 1 aliphatic rings. The van der Waals surface area contributed by atoms with Gasteiger partial charge < -0.3 is 5.11 Å². The van der Waals surface area contributed by atoms with Crippen molar-refractivity contribution in [2.24, 2.45) is 0 Å². The highest BCUT2D eigenvalue weighted by Gasteiger charge is 2.32. The molecule has 0 bridgehead atoms. The molecule has 6 heteroatoms. The Balaban J connectivity index is 1.92. The van der Waals surface area contributed by atoms with Crippen LogP contribution in [-0.4, -0.2) is 32.7 Å². The molecular formula is C17H13NO3S2. The third-order valence-electron chi connectivity index (χ3n) is 3.53. The molecule has 3 rings (SSSR count). The smallest absolute Gasteiger partial charge is 0.305 e. The highest BCUT2D eigenvalue weighted by molar-refractivity contribution is 8.26. The zero-order valence-electron chi connectivity index (χ0n) is 12.1. The first kappa shape index (κ1) is 15.7. The number of aliphatic carboxylic acids is 1. The Morgan fingerprint density at radius 2 is 1.96 bits per heavy atom. The first-order chi connectivity index (χ1) is 11.1. The van der Waals surface area contributed by atoms with Crippen molar-refractivity contribution in [2.45, 2.75) is 6.42 Å². The van der Waals surface area contributed by atoms with Gasteiger partial charge in [0.05, 0.1) is 11.3 Å². The van der Waals surface area contributed by atoms with Crippen LogP contribution in [0.5, 0.6) is 0 Å². The van der Waals surface area contributed by atoms with Crippen LogP contribution in [0, 0.1) is 0 Å². The van der Waals surface area contributed by atoms with Crippen LogP contribution in [0.15, 0.2) is 47.4 Å². The Morgan fingerprint density at radius 1 is 1.22 bits per heavy atom. The first-order valence-corrected chi connectivity index (χ1v) is 8.23. The maximum atomic E-state index is 12.4. The fourth-order valence-corrected chi connectivity index (χ4v) is 3.72. The molecular weight excluding hydrogens is 330 g/mol. The van der Waals surface area contributed by atoms with Crippen LogP contribution in [-0.2, 0) is 9.59 Å². The van der Waals surface area contributed by atoms with Crippen LogP contribution in [0.4, 0.5) is 0 Å². The van der Waals surface area contributed by atoms with Crippen molar-refractivity contribution in [3.63, 3.8) is 0 Å². The molecule has 0 spiro atoms. The van der Waals surface area contributed by atoms with Gasteiger partial charge in [-0.1, -0.05) is 66.4 Å². The van der Waals surface area contributed by atoms with Crippen LogP contribution in [0.2, 0.25) is 0 Å². The van der Waals surface area contributed by atoms with E-state index >= 15 is 0 Å². The number of hydrogen-bond donors (Lipinski definition) is 1. The predicted octanol–water partition coefficient (Wildman–Crippen LogP) is 3.52. The average Bonchev–Trinajstić information content (AvgIpc) is 2.79. The van der Waals surface area contributed by atoms with E-state index in [0.29, 0.717) is 9.23 Å². The fourth-order valence-electron chi connectivity index (χ4n) is 2.42. The number of thiocarbonyl (C=S) groups is 1. The van der Waals surface area contributed by atoms with Gasteiger partial charge in [0.1, 0.15) is 4.32 Å². The van der Waals surface area contributed by atoms with Crippen LogP contribution in [0.25, 0.3) is 16.8 Å². The Labute approximate surface area is 142 Å². The molecule has 0 saturated carbocycles. The van der Waals surface area contributed by atoms with Gasteiger partial charge in [0.2, 0.25) is 0 Å². The number of benzene rings is 2. The molecule has 2 aromatic rings. The van der Waals surface area contributed by atoms with Gasteiger partial charge in [0.15, 0.2) is 0 Å². The largest absolute Gasteiger partial charge is 0.481 e. The van der Waals surface area contributed by atoms with Gasteiger partial charge in [-0.25, -0.2) is 0 Å². The van der Waals surface area contributed by atoms with Crippen molar-refractivity contribution >= 4 is 57.0 Å². The second kappa shape index (κ2) is 6.52. The zero-order valence-corrected chi connectivity index (χ0v) is 13.7. The fraction of sp³-hybridized carbons (Fsp3) is 0.118. The summed E-state index contributed by atoms with van der Waals surface area (Å²) in [6.45, 7) is 0.104. The molecule has 1 amide bonds. The quantitative estimate of drug-likeness (QED) is 0.680. The molecule has 1 aliphatic heterocycles. The van der Waals surface area contributed by atoms with E-state index in [2.05, 4.69) is 0 Å². The van der Waals surface area contributed by atoms with Crippen molar-refractivity contribution < 1.29 is 14.7 Å². The number of amides is 1. The van der Waals surface area contributed by atoms with Crippen LogP contribution >= 0.6 is 24.0 Å². The second-order valence-corrected chi connectivity index (χ2v) is 6.72. The number of nitrogens with zero attached hydrogens (tertiary/aromatic N) is 1. The number of carboxylic acids is 1. The topological polar surface area (TPSA) is 57.6 Å². The number of thioether (sulfide) groups is 1. The molecule has 1 heterocycles. The van der Waals surface area contributed by atoms with E-state index in [9.17, 15) is 9.59 Å². The summed E-state index contributed by atoms with van der Waals surface area (Å²) >= 11 is 6.41. The van der Waals surface area contributed by atoms with E-state index in [1.165, 1.54) is 16.7 Å². The number of carbonyl (C=O) groups is 2. The van der Waals surface area contributed by atoms with Gasteiger partial charge in [-0.15, -0.1) is 0 Å². The summed E-state index contributed by atoms with van der Waals surface area (Å²) in [5.74, 6) is -1.17. The van der Waals surface area contributed by atoms with E-state index in [1.54, 1.807) is 0 Å². The highest BCUT2D eigenvalue weighted by Crippen LogP contribution is 2.33. The summed E-state index contributed by atoms with van der Waals surface area (Å²) in [6, 6.07) is 13.9. The average molecular weight is 343 g/mol. The summed E-state index contributed by atoms with van der Waals surface area (Å²) in [6.07, 6.45) is 1.70. The van der Waals surface area contributed by atoms with Gasteiger partial charge in [-0.2, -0.15) is 0 Å². The summed E-state index contributed by atoms with van der Waals surface area (Å²) in [4.78, 5) is 25.0. The van der Waals surface area contributed by atoms with Crippen LogP contribution in [0.1, 0.15) is 12.0 Å². The minimum Gasteiger partial charge on any atom is -0.481 e. The number of carboxylic acid groups (broad SMARTS) is 1. The number of rotatable bonds is 4. The number of fused-ring (bicyclic) bond motifs is 1. The maximum Gasteiger partial charge on any atom is 0.305 e. The molecule has 1 N–H and O–H groups in total. The Hall–Kier alpha value is -2.18. The minimum absolute atomic E-state index is 0.104. The molecule has 1 saturated heterocycles. The maximum absolute atomic E-state index is 12.4. The van der Waals surface area contributed by atoms with E-state index in [4.69, 9.17) is 17.3 Å². The summed E-state index contributed by atoms with van der Waals surface area (Å²) < 4.78 is 0.405. The predicted molar refractivity (Wildman–Crippen MR) is 96.1 cm³/mol. The van der Waals surface area contributed by atoms with E-state index < -0.39 is 5.97 Å². The number of hydrogen-bond acceptors (Lipinski definition) is 4. The lowest BCUT2D eigenvalue weighted by Crippen LogP contribution is -2.30. The Morgan fingerprint density at radius 3 is 2.74 bits per heavy atom. The summed E-state index contributed by atoms with van der Waals surface area (Å²) in [5, 5.41) is 10.9. The Bertz CT molecular complexity index is 839. The van der Waals surface area contributed by atoms with Crippen LogP contribution < -0.4 is 0 Å². The van der Waals surface area contributed by atoms with Gasteiger partial charge in [-0.3, -0.25) is 14.5 Å². The molecule has 116 valence electrons. The summed E-state index contributed by atoms with van der Waals surface area (Å²) in [5.41, 5.74) is 0.946. The monoisotopic (exact) mass is 343 g/mol.